The quantitative estimate of drug-likeness (QED) is 0.797. The molecule has 2 aromatic rings. The smallest absolute Gasteiger partial charge is 0.227 e. The molecule has 1 aliphatic heterocycles. The zero-order valence-electron chi connectivity index (χ0n) is 15.5. The predicted octanol–water partition coefficient (Wildman–Crippen LogP) is 2.77. The Kier molecular flexibility index (Phi) is 5.16. The van der Waals surface area contributed by atoms with E-state index in [1.54, 1.807) is 18.4 Å². The Bertz CT molecular complexity index is 813. The zero-order chi connectivity index (χ0) is 18.8. The highest BCUT2D eigenvalue weighted by Crippen LogP contribution is 2.50. The Morgan fingerprint density at radius 3 is 2.59 bits per heavy atom. The van der Waals surface area contributed by atoms with E-state index >= 15 is 0 Å². The molecule has 5 nitrogen and oxygen atoms in total. The number of amides is 2. The molecule has 2 amide bonds. The summed E-state index contributed by atoms with van der Waals surface area (Å²) in [6.07, 6.45) is 1.34. The van der Waals surface area contributed by atoms with E-state index < -0.39 is 0 Å². The molecule has 1 aliphatic carbocycles. The average Bonchev–Trinajstić information content (AvgIpc) is 3.32. The van der Waals surface area contributed by atoms with Crippen LogP contribution in [0.25, 0.3) is 0 Å². The lowest BCUT2D eigenvalue weighted by molar-refractivity contribution is -0.140. The summed E-state index contributed by atoms with van der Waals surface area (Å²) in [6.45, 7) is 2.50. The molecule has 2 fully saturated rings. The summed E-state index contributed by atoms with van der Waals surface area (Å²) >= 11 is 1.74. The summed E-state index contributed by atoms with van der Waals surface area (Å²) in [5, 5.41) is 2.07. The van der Waals surface area contributed by atoms with Crippen LogP contribution in [0.2, 0.25) is 0 Å². The van der Waals surface area contributed by atoms with Crippen LogP contribution >= 0.6 is 11.3 Å². The van der Waals surface area contributed by atoms with Crippen LogP contribution in [0.4, 0.5) is 0 Å². The van der Waals surface area contributed by atoms with Gasteiger partial charge in [-0.25, -0.2) is 0 Å². The second kappa shape index (κ2) is 7.72. The first-order chi connectivity index (χ1) is 13.2. The Morgan fingerprint density at radius 2 is 1.89 bits per heavy atom. The topological polar surface area (TPSA) is 49.9 Å². The molecule has 27 heavy (non-hydrogen) atoms. The highest BCUT2D eigenvalue weighted by atomic mass is 32.1. The number of rotatable bonds is 5. The van der Waals surface area contributed by atoms with Crippen LogP contribution in [-0.4, -0.2) is 54.9 Å². The molecule has 2 aliphatic rings. The Labute approximate surface area is 163 Å². The highest BCUT2D eigenvalue weighted by molar-refractivity contribution is 7.10. The molecule has 0 spiro atoms. The van der Waals surface area contributed by atoms with Gasteiger partial charge >= 0.3 is 0 Å². The molecule has 0 bridgehead atoms. The summed E-state index contributed by atoms with van der Waals surface area (Å²) in [5.41, 5.74) is 0.953. The van der Waals surface area contributed by atoms with Gasteiger partial charge in [0.1, 0.15) is 5.75 Å². The minimum Gasteiger partial charge on any atom is -0.497 e. The molecule has 4 rings (SSSR count). The molecule has 1 saturated heterocycles. The molecule has 1 aromatic carbocycles. The number of hydrogen-bond donors (Lipinski definition) is 0. The Balaban J connectivity index is 1.27. The second-order valence-electron chi connectivity index (χ2n) is 7.20. The first-order valence-electron chi connectivity index (χ1n) is 9.38. The lowest BCUT2D eigenvalue weighted by Gasteiger charge is -2.35. The van der Waals surface area contributed by atoms with Crippen molar-refractivity contribution in [3.05, 3.63) is 52.2 Å². The minimum absolute atomic E-state index is 0.109. The van der Waals surface area contributed by atoms with Gasteiger partial charge in [-0.2, -0.15) is 0 Å². The summed E-state index contributed by atoms with van der Waals surface area (Å²) in [4.78, 5) is 30.4. The fourth-order valence-corrected chi connectivity index (χ4v) is 4.67. The van der Waals surface area contributed by atoms with Gasteiger partial charge in [0.25, 0.3) is 0 Å². The fourth-order valence-electron chi connectivity index (χ4n) is 3.76. The van der Waals surface area contributed by atoms with Gasteiger partial charge in [-0.1, -0.05) is 18.2 Å². The van der Waals surface area contributed by atoms with Crippen molar-refractivity contribution in [3.63, 3.8) is 0 Å². The fraction of sp³-hybridized carbons (Fsp3) is 0.429. The maximum absolute atomic E-state index is 12.7. The normalized spacial score (nSPS) is 21.8. The zero-order valence-corrected chi connectivity index (χ0v) is 16.3. The third-order valence-corrected chi connectivity index (χ3v) is 6.45. The van der Waals surface area contributed by atoms with Gasteiger partial charge in [-0.15, -0.1) is 11.3 Å². The molecule has 0 N–H and O–H groups in total. The summed E-state index contributed by atoms with van der Waals surface area (Å²) < 4.78 is 5.22. The monoisotopic (exact) mass is 384 g/mol. The summed E-state index contributed by atoms with van der Waals surface area (Å²) in [6, 6.07) is 11.8. The average molecular weight is 385 g/mol. The predicted molar refractivity (Wildman–Crippen MR) is 105 cm³/mol. The van der Waals surface area contributed by atoms with Gasteiger partial charge < -0.3 is 14.5 Å². The number of thiophene rings is 1. The Hall–Kier alpha value is -2.34. The highest BCUT2D eigenvalue weighted by Gasteiger charge is 2.46. The lowest BCUT2D eigenvalue weighted by atomic mass is 10.1. The molecule has 142 valence electrons. The van der Waals surface area contributed by atoms with Crippen molar-refractivity contribution < 1.29 is 14.3 Å². The number of nitrogens with zero attached hydrogens (tertiary/aromatic N) is 2. The molecule has 1 aromatic heterocycles. The third kappa shape index (κ3) is 4.00. The Morgan fingerprint density at radius 1 is 1.11 bits per heavy atom. The van der Waals surface area contributed by atoms with Gasteiger partial charge in [-0.05, 0) is 35.6 Å². The standard InChI is InChI=1S/C21H24N2O3S/c1-26-16-5-2-4-15(12-16)13-20(24)22-7-9-23(10-8-22)21(25)18-14-17(18)19-6-3-11-27-19/h2-6,11-12,17-18H,7-10,13-14H2,1H3. The number of hydrogen-bond acceptors (Lipinski definition) is 4. The number of ether oxygens (including phenoxy) is 1. The van der Waals surface area contributed by atoms with Crippen molar-refractivity contribution >= 4 is 23.2 Å². The molecule has 2 heterocycles. The number of piperazine rings is 1. The van der Waals surface area contributed by atoms with Crippen LogP contribution < -0.4 is 4.74 Å². The van der Waals surface area contributed by atoms with Crippen molar-refractivity contribution in [2.24, 2.45) is 5.92 Å². The van der Waals surface area contributed by atoms with Crippen LogP contribution in [0.15, 0.2) is 41.8 Å². The molecule has 1 saturated carbocycles. The molecule has 2 unspecified atom stereocenters. The van der Waals surface area contributed by atoms with Crippen LogP contribution in [0.3, 0.4) is 0 Å². The van der Waals surface area contributed by atoms with Crippen molar-refractivity contribution in [2.75, 3.05) is 33.3 Å². The maximum atomic E-state index is 12.7. The van der Waals surface area contributed by atoms with Crippen LogP contribution in [0.5, 0.6) is 5.75 Å². The SMILES string of the molecule is COc1cccc(CC(=O)N2CCN(C(=O)C3CC3c3cccs3)CC2)c1. The molecular weight excluding hydrogens is 360 g/mol. The van der Waals surface area contributed by atoms with E-state index in [0.29, 0.717) is 38.5 Å². The number of carbonyl (C=O) groups is 2. The van der Waals surface area contributed by atoms with E-state index in [9.17, 15) is 9.59 Å². The number of benzene rings is 1. The van der Waals surface area contributed by atoms with E-state index in [2.05, 4.69) is 11.4 Å². The second-order valence-corrected chi connectivity index (χ2v) is 8.18. The molecular formula is C21H24N2O3S. The van der Waals surface area contributed by atoms with Gasteiger partial charge in [-0.3, -0.25) is 9.59 Å². The maximum Gasteiger partial charge on any atom is 0.227 e. The summed E-state index contributed by atoms with van der Waals surface area (Å²) in [7, 11) is 1.63. The summed E-state index contributed by atoms with van der Waals surface area (Å²) in [5.74, 6) is 1.68. The van der Waals surface area contributed by atoms with E-state index in [1.807, 2.05) is 40.1 Å². The third-order valence-electron chi connectivity index (χ3n) is 5.45. The van der Waals surface area contributed by atoms with Gasteiger partial charge in [0.05, 0.1) is 13.5 Å². The van der Waals surface area contributed by atoms with Crippen molar-refractivity contribution in [2.45, 2.75) is 18.8 Å². The van der Waals surface area contributed by atoms with Crippen LogP contribution in [0.1, 0.15) is 22.8 Å². The largest absolute Gasteiger partial charge is 0.497 e. The van der Waals surface area contributed by atoms with Crippen molar-refractivity contribution in [3.8, 4) is 5.75 Å². The van der Waals surface area contributed by atoms with Crippen molar-refractivity contribution in [1.29, 1.82) is 0 Å². The van der Waals surface area contributed by atoms with Crippen molar-refractivity contribution in [1.82, 2.24) is 9.80 Å². The van der Waals surface area contributed by atoms with Crippen LogP contribution in [-0.2, 0) is 16.0 Å². The molecule has 6 heteroatoms. The molecule has 0 radical (unpaired) electrons. The number of carbonyl (C=O) groups excluding carboxylic acids is 2. The van der Waals surface area contributed by atoms with Crippen LogP contribution in [0, 0.1) is 5.92 Å². The van der Waals surface area contributed by atoms with Gasteiger partial charge in [0.15, 0.2) is 0 Å². The minimum atomic E-state index is 0.109. The first kappa shape index (κ1) is 18.0. The lowest BCUT2D eigenvalue weighted by Crippen LogP contribution is -2.51. The van der Waals surface area contributed by atoms with E-state index in [1.165, 1.54) is 4.88 Å². The van der Waals surface area contributed by atoms with E-state index in [0.717, 1.165) is 17.7 Å². The van der Waals surface area contributed by atoms with Gasteiger partial charge in [0.2, 0.25) is 11.8 Å². The number of methoxy groups -OCH3 is 1. The van der Waals surface area contributed by atoms with Gasteiger partial charge in [0, 0.05) is 42.9 Å². The van der Waals surface area contributed by atoms with E-state index in [4.69, 9.17) is 4.74 Å². The molecule has 2 atom stereocenters. The first-order valence-corrected chi connectivity index (χ1v) is 10.3. The van der Waals surface area contributed by atoms with E-state index in [-0.39, 0.29) is 17.7 Å².